The van der Waals surface area contributed by atoms with E-state index in [1.54, 1.807) is 24.3 Å². The predicted molar refractivity (Wildman–Crippen MR) is 105 cm³/mol. The third-order valence-electron chi connectivity index (χ3n) is 6.36. The van der Waals surface area contributed by atoms with E-state index in [0.29, 0.717) is 34.4 Å². The lowest BCUT2D eigenvalue weighted by Crippen LogP contribution is -2.46. The van der Waals surface area contributed by atoms with E-state index in [4.69, 9.17) is 4.42 Å². The van der Waals surface area contributed by atoms with Gasteiger partial charge in [0, 0.05) is 18.2 Å². The molecule has 1 N–H and O–H groups in total. The molecule has 1 aromatic carbocycles. The number of rotatable bonds is 4. The fourth-order valence-corrected chi connectivity index (χ4v) is 4.78. The van der Waals surface area contributed by atoms with Gasteiger partial charge in [0.05, 0.1) is 11.7 Å². The van der Waals surface area contributed by atoms with Crippen molar-refractivity contribution in [3.63, 3.8) is 0 Å². The first kappa shape index (κ1) is 18.0. The molecule has 150 valence electrons. The summed E-state index contributed by atoms with van der Waals surface area (Å²) in [6, 6.07) is 8.54. The Labute approximate surface area is 167 Å². The summed E-state index contributed by atoms with van der Waals surface area (Å²) in [5.74, 6) is 1.83. The van der Waals surface area contributed by atoms with E-state index in [1.807, 2.05) is 18.0 Å². The van der Waals surface area contributed by atoms with Crippen LogP contribution in [-0.2, 0) is 0 Å². The summed E-state index contributed by atoms with van der Waals surface area (Å²) < 4.78 is 20.0. The van der Waals surface area contributed by atoms with Gasteiger partial charge in [-0.2, -0.15) is 0 Å². The molecule has 0 radical (unpaired) electrons. The Morgan fingerprint density at radius 1 is 1.10 bits per heavy atom. The fraction of sp³-hybridized carbons (Fsp3) is 0.429. The van der Waals surface area contributed by atoms with Crippen LogP contribution in [0.4, 0.5) is 10.2 Å². The minimum absolute atomic E-state index is 0.0452. The van der Waals surface area contributed by atoms with Gasteiger partial charge in [0.2, 0.25) is 12.3 Å². The van der Waals surface area contributed by atoms with E-state index >= 15 is 0 Å². The normalized spacial score (nSPS) is 25.9. The zero-order chi connectivity index (χ0) is 20.0. The van der Waals surface area contributed by atoms with Gasteiger partial charge < -0.3 is 14.4 Å². The Balaban J connectivity index is 1.36. The highest BCUT2D eigenvalue weighted by molar-refractivity contribution is 5.71. The van der Waals surface area contributed by atoms with Gasteiger partial charge in [-0.15, -0.1) is 20.4 Å². The molecule has 2 aromatic heterocycles. The zero-order valence-electron chi connectivity index (χ0n) is 16.1. The van der Waals surface area contributed by atoms with Gasteiger partial charge in [0.15, 0.2) is 5.82 Å². The van der Waals surface area contributed by atoms with Crippen molar-refractivity contribution in [1.82, 2.24) is 20.4 Å². The largest absolute Gasteiger partial charge is 0.507 e. The molecular formula is C21H22FN5O2. The molecule has 0 amide bonds. The molecule has 29 heavy (non-hydrogen) atoms. The van der Waals surface area contributed by atoms with Crippen molar-refractivity contribution in [2.45, 2.75) is 37.9 Å². The molecule has 3 aromatic rings. The van der Waals surface area contributed by atoms with Crippen molar-refractivity contribution in [2.75, 3.05) is 11.9 Å². The first-order valence-corrected chi connectivity index (χ1v) is 9.90. The monoisotopic (exact) mass is 395 g/mol. The molecule has 4 atom stereocenters. The van der Waals surface area contributed by atoms with Crippen molar-refractivity contribution in [2.24, 2.45) is 11.8 Å². The van der Waals surface area contributed by atoms with E-state index in [-0.39, 0.29) is 17.7 Å². The smallest absolute Gasteiger partial charge is 0.247 e. The second kappa shape index (κ2) is 7.09. The lowest BCUT2D eigenvalue weighted by Gasteiger charge is -2.38. The van der Waals surface area contributed by atoms with Crippen LogP contribution in [0, 0.1) is 11.8 Å². The number of fused-ring (bicyclic) bond motifs is 2. The molecule has 0 unspecified atom stereocenters. The highest BCUT2D eigenvalue weighted by Gasteiger charge is 2.44. The van der Waals surface area contributed by atoms with Crippen LogP contribution in [0.25, 0.3) is 22.7 Å². The number of hydrogen-bond acceptors (Lipinski definition) is 7. The van der Waals surface area contributed by atoms with Crippen LogP contribution in [0.15, 0.2) is 41.1 Å². The predicted octanol–water partition coefficient (Wildman–Crippen LogP) is 3.86. The summed E-state index contributed by atoms with van der Waals surface area (Å²) in [6.07, 6.45) is 4.45. The van der Waals surface area contributed by atoms with Gasteiger partial charge in [-0.05, 0) is 67.9 Å². The number of hydrogen-bond donors (Lipinski definition) is 1. The van der Waals surface area contributed by atoms with Gasteiger partial charge in [0.25, 0.3) is 0 Å². The molecule has 8 heteroatoms. The van der Waals surface area contributed by atoms with Gasteiger partial charge in [-0.3, -0.25) is 0 Å². The molecule has 2 saturated carbocycles. The number of aromatic nitrogens is 4. The minimum Gasteiger partial charge on any atom is -0.507 e. The van der Waals surface area contributed by atoms with E-state index in [2.05, 4.69) is 20.4 Å². The second-order valence-electron chi connectivity index (χ2n) is 8.05. The van der Waals surface area contributed by atoms with Gasteiger partial charge in [-0.25, -0.2) is 4.39 Å². The molecule has 2 aliphatic carbocycles. The van der Waals surface area contributed by atoms with Crippen molar-refractivity contribution in [3.8, 4) is 28.5 Å². The maximum atomic E-state index is 14.9. The van der Waals surface area contributed by atoms with Gasteiger partial charge in [-0.1, -0.05) is 0 Å². The Kier molecular flexibility index (Phi) is 4.41. The van der Waals surface area contributed by atoms with Crippen molar-refractivity contribution < 1.29 is 13.9 Å². The van der Waals surface area contributed by atoms with E-state index in [9.17, 15) is 9.50 Å². The highest BCUT2D eigenvalue weighted by atomic mass is 19.1. The van der Waals surface area contributed by atoms with Crippen molar-refractivity contribution in [1.29, 1.82) is 0 Å². The third-order valence-corrected chi connectivity index (χ3v) is 6.36. The topological polar surface area (TPSA) is 88.2 Å². The molecular weight excluding hydrogens is 373 g/mol. The Morgan fingerprint density at radius 2 is 2.00 bits per heavy atom. The maximum Gasteiger partial charge on any atom is 0.247 e. The third kappa shape index (κ3) is 3.22. The van der Waals surface area contributed by atoms with Crippen molar-refractivity contribution >= 4 is 5.82 Å². The summed E-state index contributed by atoms with van der Waals surface area (Å²) >= 11 is 0. The zero-order valence-corrected chi connectivity index (χ0v) is 16.1. The number of halogens is 1. The van der Waals surface area contributed by atoms with Gasteiger partial charge in [0.1, 0.15) is 11.9 Å². The lowest BCUT2D eigenvalue weighted by molar-refractivity contribution is 0.144. The fourth-order valence-electron chi connectivity index (χ4n) is 4.78. The number of alkyl halides is 1. The quantitative estimate of drug-likeness (QED) is 0.717. The molecule has 2 heterocycles. The number of phenols is 1. The second-order valence-corrected chi connectivity index (χ2v) is 8.05. The standard InChI is InChI=1S/C21H22FN5O2/c1-27(17-9-12-2-3-13(8-12)20(17)22)19-7-6-16(24-25-19)15-5-4-14(10-18(15)28)21-26-23-11-29-21/h4-7,10-13,17,20,28H,2-3,8-9H2,1H3/t12-,13+,17+,20-/m0/s1. The minimum atomic E-state index is -0.818. The maximum absolute atomic E-state index is 14.9. The molecule has 2 aliphatic rings. The van der Waals surface area contributed by atoms with E-state index < -0.39 is 6.17 Å². The molecule has 5 rings (SSSR count). The average Bonchev–Trinajstić information content (AvgIpc) is 3.41. The Morgan fingerprint density at radius 3 is 2.72 bits per heavy atom. The summed E-state index contributed by atoms with van der Waals surface area (Å²) in [5.41, 5.74) is 1.71. The number of anilines is 1. The van der Waals surface area contributed by atoms with Crippen LogP contribution in [0.2, 0.25) is 0 Å². The molecule has 2 bridgehead atoms. The van der Waals surface area contributed by atoms with Crippen molar-refractivity contribution in [3.05, 3.63) is 36.7 Å². The number of phenolic OH excluding ortho intramolecular Hbond substituents is 1. The number of benzene rings is 1. The molecule has 2 fully saturated rings. The van der Waals surface area contributed by atoms with E-state index in [0.717, 1.165) is 25.7 Å². The number of aromatic hydroxyl groups is 1. The summed E-state index contributed by atoms with van der Waals surface area (Å²) in [4.78, 5) is 1.92. The average molecular weight is 395 g/mol. The molecule has 0 aliphatic heterocycles. The van der Waals surface area contributed by atoms with Gasteiger partial charge >= 0.3 is 0 Å². The lowest BCUT2D eigenvalue weighted by atomic mass is 9.83. The van der Waals surface area contributed by atoms with Crippen LogP contribution in [0.5, 0.6) is 5.75 Å². The summed E-state index contributed by atoms with van der Waals surface area (Å²) in [6.45, 7) is 0. The van der Waals surface area contributed by atoms with Crippen LogP contribution < -0.4 is 4.90 Å². The first-order chi connectivity index (χ1) is 14.1. The van der Waals surface area contributed by atoms with E-state index in [1.165, 1.54) is 6.39 Å². The SMILES string of the molecule is CN(c1ccc(-c2ccc(-c3nnco3)cc2O)nn1)[C@@H]1C[C@H]2CC[C@H](C2)[C@@H]1F. The van der Waals surface area contributed by atoms with Crippen LogP contribution >= 0.6 is 0 Å². The molecule has 7 nitrogen and oxygen atoms in total. The summed E-state index contributed by atoms with van der Waals surface area (Å²) in [5, 5.41) is 26.5. The number of nitrogens with zero attached hydrogens (tertiary/aromatic N) is 5. The first-order valence-electron chi connectivity index (χ1n) is 9.90. The summed E-state index contributed by atoms with van der Waals surface area (Å²) in [7, 11) is 1.89. The molecule has 0 saturated heterocycles. The highest BCUT2D eigenvalue weighted by Crippen LogP contribution is 2.45. The molecule has 0 spiro atoms. The van der Waals surface area contributed by atoms with Crippen LogP contribution in [0.3, 0.4) is 0 Å². The Bertz CT molecular complexity index is 995. The Hall–Kier alpha value is -3.03. The van der Waals surface area contributed by atoms with Crippen LogP contribution in [0.1, 0.15) is 25.7 Å². The van der Waals surface area contributed by atoms with Crippen LogP contribution in [-0.4, -0.2) is 44.8 Å².